The van der Waals surface area contributed by atoms with Gasteiger partial charge in [0.2, 0.25) is 5.91 Å². The highest BCUT2D eigenvalue weighted by Crippen LogP contribution is 2.12. The number of hydrogen-bond donors (Lipinski definition) is 1. The van der Waals surface area contributed by atoms with E-state index in [1.807, 2.05) is 20.8 Å². The highest BCUT2D eigenvalue weighted by molar-refractivity contribution is 5.77. The molecule has 0 aromatic carbocycles. The summed E-state index contributed by atoms with van der Waals surface area (Å²) in [5, 5.41) is 2.90. The van der Waals surface area contributed by atoms with Gasteiger partial charge >= 0.3 is 0 Å². The summed E-state index contributed by atoms with van der Waals surface area (Å²) in [6, 6.07) is 0.151. The number of ether oxygens (including phenoxy) is 2. The summed E-state index contributed by atoms with van der Waals surface area (Å²) in [5.41, 5.74) is 0. The second-order valence-electron chi connectivity index (χ2n) is 3.90. The topological polar surface area (TPSA) is 47.6 Å². The van der Waals surface area contributed by atoms with Crippen LogP contribution in [0.3, 0.4) is 0 Å². The van der Waals surface area contributed by atoms with Crippen LogP contribution >= 0.6 is 0 Å². The van der Waals surface area contributed by atoms with E-state index in [1.165, 1.54) is 0 Å². The van der Waals surface area contributed by atoms with Crippen LogP contribution in [-0.4, -0.2) is 37.4 Å². The lowest BCUT2D eigenvalue weighted by Gasteiger charge is -2.16. The van der Waals surface area contributed by atoms with Crippen LogP contribution in [0.5, 0.6) is 0 Å². The van der Waals surface area contributed by atoms with Crippen molar-refractivity contribution in [2.24, 2.45) is 0 Å². The van der Waals surface area contributed by atoms with Crippen molar-refractivity contribution in [2.45, 2.75) is 45.4 Å². The third-order valence-electron chi connectivity index (χ3n) is 2.27. The summed E-state index contributed by atoms with van der Waals surface area (Å²) in [7, 11) is 0. The molecule has 1 rings (SSSR count). The standard InChI is InChI=1S/C10H19NO3/c1-7(2)14-6-10(12)11-9-4-5-13-8(9)3/h7-9H,4-6H2,1-3H3,(H,11,12). The van der Waals surface area contributed by atoms with E-state index >= 15 is 0 Å². The van der Waals surface area contributed by atoms with Gasteiger partial charge in [-0.15, -0.1) is 0 Å². The number of carbonyl (C=O) groups excluding carboxylic acids is 1. The molecule has 0 radical (unpaired) electrons. The van der Waals surface area contributed by atoms with Crippen LogP contribution in [-0.2, 0) is 14.3 Å². The molecular weight excluding hydrogens is 182 g/mol. The summed E-state index contributed by atoms with van der Waals surface area (Å²) in [4.78, 5) is 11.4. The van der Waals surface area contributed by atoms with Gasteiger partial charge in [-0.2, -0.15) is 0 Å². The number of carbonyl (C=O) groups is 1. The first-order valence-electron chi connectivity index (χ1n) is 5.12. The molecule has 1 saturated heterocycles. The van der Waals surface area contributed by atoms with Gasteiger partial charge in [0.25, 0.3) is 0 Å². The number of amides is 1. The van der Waals surface area contributed by atoms with Gasteiger partial charge in [-0.3, -0.25) is 4.79 Å². The predicted molar refractivity (Wildman–Crippen MR) is 53.0 cm³/mol. The third-order valence-corrected chi connectivity index (χ3v) is 2.27. The third kappa shape index (κ3) is 3.64. The van der Waals surface area contributed by atoms with E-state index < -0.39 is 0 Å². The monoisotopic (exact) mass is 201 g/mol. The highest BCUT2D eigenvalue weighted by atomic mass is 16.5. The lowest BCUT2D eigenvalue weighted by molar-refractivity contribution is -0.128. The molecule has 1 amide bonds. The van der Waals surface area contributed by atoms with Gasteiger partial charge in [-0.05, 0) is 27.2 Å². The van der Waals surface area contributed by atoms with Gasteiger partial charge in [0.15, 0.2) is 0 Å². The van der Waals surface area contributed by atoms with Crippen LogP contribution in [0.2, 0.25) is 0 Å². The van der Waals surface area contributed by atoms with Crippen molar-refractivity contribution in [3.8, 4) is 0 Å². The molecule has 0 spiro atoms. The Bertz CT molecular complexity index is 194. The average Bonchev–Trinajstić information content (AvgIpc) is 2.49. The van der Waals surface area contributed by atoms with Crippen molar-refractivity contribution in [2.75, 3.05) is 13.2 Å². The first-order chi connectivity index (χ1) is 6.59. The lowest BCUT2D eigenvalue weighted by atomic mass is 10.1. The molecule has 82 valence electrons. The zero-order chi connectivity index (χ0) is 10.6. The fourth-order valence-electron chi connectivity index (χ4n) is 1.41. The van der Waals surface area contributed by atoms with E-state index in [1.54, 1.807) is 0 Å². The number of rotatable bonds is 4. The maximum atomic E-state index is 11.4. The van der Waals surface area contributed by atoms with E-state index in [0.717, 1.165) is 13.0 Å². The van der Waals surface area contributed by atoms with Crippen LogP contribution in [0.15, 0.2) is 0 Å². The minimum absolute atomic E-state index is 0.0546. The van der Waals surface area contributed by atoms with E-state index in [0.29, 0.717) is 0 Å². The van der Waals surface area contributed by atoms with Crippen molar-refractivity contribution in [3.05, 3.63) is 0 Å². The van der Waals surface area contributed by atoms with Gasteiger partial charge in [0.05, 0.1) is 18.2 Å². The van der Waals surface area contributed by atoms with Gasteiger partial charge in [0.1, 0.15) is 6.61 Å². The van der Waals surface area contributed by atoms with Crippen molar-refractivity contribution in [1.29, 1.82) is 0 Å². The van der Waals surface area contributed by atoms with Gasteiger partial charge in [-0.1, -0.05) is 0 Å². The summed E-state index contributed by atoms with van der Waals surface area (Å²) in [6.07, 6.45) is 1.12. The van der Waals surface area contributed by atoms with E-state index in [9.17, 15) is 4.79 Å². The Morgan fingerprint density at radius 3 is 2.86 bits per heavy atom. The molecular formula is C10H19NO3. The van der Waals surface area contributed by atoms with Crippen molar-refractivity contribution in [1.82, 2.24) is 5.32 Å². The molecule has 1 heterocycles. The Morgan fingerprint density at radius 2 is 2.36 bits per heavy atom. The van der Waals surface area contributed by atoms with Gasteiger partial charge in [0, 0.05) is 6.61 Å². The molecule has 0 aromatic rings. The summed E-state index contributed by atoms with van der Waals surface area (Å²) < 4.78 is 10.5. The Labute approximate surface area is 85.0 Å². The van der Waals surface area contributed by atoms with Crippen molar-refractivity contribution in [3.63, 3.8) is 0 Å². The molecule has 1 aliphatic rings. The molecule has 2 atom stereocenters. The van der Waals surface area contributed by atoms with Crippen molar-refractivity contribution < 1.29 is 14.3 Å². The van der Waals surface area contributed by atoms with Crippen LogP contribution in [0, 0.1) is 0 Å². The first kappa shape index (κ1) is 11.5. The van der Waals surface area contributed by atoms with Crippen LogP contribution in [0.25, 0.3) is 0 Å². The number of hydrogen-bond acceptors (Lipinski definition) is 3. The fraction of sp³-hybridized carbons (Fsp3) is 0.900. The molecule has 4 nitrogen and oxygen atoms in total. The van der Waals surface area contributed by atoms with Crippen LogP contribution < -0.4 is 5.32 Å². The second-order valence-corrected chi connectivity index (χ2v) is 3.90. The Morgan fingerprint density at radius 1 is 1.64 bits per heavy atom. The minimum Gasteiger partial charge on any atom is -0.376 e. The van der Waals surface area contributed by atoms with Crippen LogP contribution in [0.4, 0.5) is 0 Å². The molecule has 1 N–H and O–H groups in total. The Balaban J connectivity index is 2.19. The molecule has 1 fully saturated rings. The minimum atomic E-state index is -0.0546. The second kappa shape index (κ2) is 5.32. The quantitative estimate of drug-likeness (QED) is 0.728. The largest absolute Gasteiger partial charge is 0.376 e. The Hall–Kier alpha value is -0.610. The molecule has 2 unspecified atom stereocenters. The first-order valence-corrected chi connectivity index (χ1v) is 5.12. The summed E-state index contributed by atoms with van der Waals surface area (Å²) in [6.45, 7) is 6.67. The maximum absolute atomic E-state index is 11.4. The van der Waals surface area contributed by atoms with E-state index in [4.69, 9.17) is 9.47 Å². The van der Waals surface area contributed by atoms with E-state index in [2.05, 4.69) is 5.32 Å². The average molecular weight is 201 g/mol. The Kier molecular flexibility index (Phi) is 4.35. The summed E-state index contributed by atoms with van der Waals surface area (Å²) in [5.74, 6) is -0.0546. The smallest absolute Gasteiger partial charge is 0.246 e. The predicted octanol–water partition coefficient (Wildman–Crippen LogP) is 0.705. The van der Waals surface area contributed by atoms with Gasteiger partial charge in [-0.25, -0.2) is 0 Å². The normalized spacial score (nSPS) is 26.9. The highest BCUT2D eigenvalue weighted by Gasteiger charge is 2.25. The fourth-order valence-corrected chi connectivity index (χ4v) is 1.41. The zero-order valence-electron chi connectivity index (χ0n) is 9.08. The molecule has 0 bridgehead atoms. The van der Waals surface area contributed by atoms with E-state index in [-0.39, 0.29) is 30.8 Å². The molecule has 0 saturated carbocycles. The zero-order valence-corrected chi connectivity index (χ0v) is 9.08. The van der Waals surface area contributed by atoms with Crippen molar-refractivity contribution >= 4 is 5.91 Å². The molecule has 1 aliphatic heterocycles. The SMILES string of the molecule is CC(C)OCC(=O)NC1CCOC1C. The van der Waals surface area contributed by atoms with Gasteiger partial charge < -0.3 is 14.8 Å². The lowest BCUT2D eigenvalue weighted by Crippen LogP contribution is -2.41. The molecule has 14 heavy (non-hydrogen) atoms. The van der Waals surface area contributed by atoms with Crippen LogP contribution in [0.1, 0.15) is 27.2 Å². The molecule has 0 aliphatic carbocycles. The summed E-state index contributed by atoms with van der Waals surface area (Å²) >= 11 is 0. The number of nitrogens with one attached hydrogen (secondary N) is 1. The molecule has 0 aromatic heterocycles. The maximum Gasteiger partial charge on any atom is 0.246 e. The molecule has 4 heteroatoms.